The van der Waals surface area contributed by atoms with Crippen molar-refractivity contribution >= 4 is 11.7 Å². The first kappa shape index (κ1) is 21.5. The highest BCUT2D eigenvalue weighted by molar-refractivity contribution is 5.88. The molecule has 30 heavy (non-hydrogen) atoms. The fourth-order valence-corrected chi connectivity index (χ4v) is 3.42. The van der Waals surface area contributed by atoms with Gasteiger partial charge in [0.25, 0.3) is 0 Å². The summed E-state index contributed by atoms with van der Waals surface area (Å²) in [5.41, 5.74) is 4.38. The summed E-state index contributed by atoms with van der Waals surface area (Å²) in [7, 11) is 0. The summed E-state index contributed by atoms with van der Waals surface area (Å²) < 4.78 is 0. The van der Waals surface area contributed by atoms with E-state index >= 15 is 0 Å². The van der Waals surface area contributed by atoms with E-state index in [1.54, 1.807) is 0 Å². The number of nitrogens with one attached hydrogen (secondary N) is 2. The van der Waals surface area contributed by atoms with Crippen LogP contribution in [0.1, 0.15) is 35.2 Å². The maximum Gasteiger partial charge on any atom is 0.234 e. The van der Waals surface area contributed by atoms with Gasteiger partial charge >= 0.3 is 0 Å². The topological polar surface area (TPSA) is 58.2 Å². The molecule has 1 amide bonds. The van der Waals surface area contributed by atoms with Gasteiger partial charge in [0.05, 0.1) is 18.6 Å². The van der Waals surface area contributed by atoms with Crippen LogP contribution in [0.4, 0.5) is 0 Å². The third kappa shape index (κ3) is 6.13. The Morgan fingerprint density at radius 2 is 1.37 bits per heavy atom. The second-order valence-corrected chi connectivity index (χ2v) is 7.56. The first-order chi connectivity index (χ1) is 14.5. The van der Waals surface area contributed by atoms with Gasteiger partial charge in [-0.25, -0.2) is 0 Å². The van der Waals surface area contributed by atoms with Crippen molar-refractivity contribution in [2.24, 2.45) is 0 Å². The highest BCUT2D eigenvalue weighted by Gasteiger charge is 2.19. The first-order valence-corrected chi connectivity index (χ1v) is 10.2. The molecule has 4 heteroatoms. The van der Waals surface area contributed by atoms with Crippen LogP contribution in [0.5, 0.6) is 0 Å². The number of amides is 1. The third-order valence-corrected chi connectivity index (χ3v) is 5.12. The van der Waals surface area contributed by atoms with Crippen LogP contribution in [0.2, 0.25) is 0 Å². The van der Waals surface area contributed by atoms with Crippen molar-refractivity contribution in [3.63, 3.8) is 0 Å². The molecule has 0 unspecified atom stereocenters. The molecular weight excluding hydrogens is 372 g/mol. The lowest BCUT2D eigenvalue weighted by molar-refractivity contribution is -0.126. The molecule has 0 bridgehead atoms. The Labute approximate surface area is 178 Å². The van der Waals surface area contributed by atoms with Crippen molar-refractivity contribution in [1.82, 2.24) is 10.6 Å². The van der Waals surface area contributed by atoms with Crippen LogP contribution in [0, 0.1) is 6.92 Å². The van der Waals surface area contributed by atoms with E-state index in [-0.39, 0.29) is 24.3 Å². The Kier molecular flexibility index (Phi) is 7.52. The van der Waals surface area contributed by atoms with Crippen molar-refractivity contribution in [3.8, 4) is 0 Å². The molecule has 0 aliphatic rings. The monoisotopic (exact) mass is 400 g/mol. The molecule has 2 N–H and O–H groups in total. The summed E-state index contributed by atoms with van der Waals surface area (Å²) in [6, 6.07) is 27.4. The van der Waals surface area contributed by atoms with Crippen molar-refractivity contribution in [2.75, 3.05) is 6.54 Å². The molecule has 0 aliphatic carbocycles. The van der Waals surface area contributed by atoms with E-state index in [0.29, 0.717) is 6.42 Å². The number of rotatable bonds is 9. The smallest absolute Gasteiger partial charge is 0.234 e. The van der Waals surface area contributed by atoms with Gasteiger partial charge < -0.3 is 5.32 Å². The summed E-state index contributed by atoms with van der Waals surface area (Å²) in [6.45, 7) is 3.68. The van der Waals surface area contributed by atoms with Crippen LogP contribution in [-0.4, -0.2) is 24.3 Å². The lowest BCUT2D eigenvalue weighted by Crippen LogP contribution is -2.45. The normalized spacial score (nSPS) is 12.7. The van der Waals surface area contributed by atoms with Gasteiger partial charge in [0.1, 0.15) is 0 Å². The van der Waals surface area contributed by atoms with E-state index < -0.39 is 6.04 Å². The molecule has 4 nitrogen and oxygen atoms in total. The van der Waals surface area contributed by atoms with Crippen LogP contribution >= 0.6 is 0 Å². The van der Waals surface area contributed by atoms with Crippen molar-refractivity contribution in [2.45, 2.75) is 32.4 Å². The quantitative estimate of drug-likeness (QED) is 0.571. The molecule has 0 heterocycles. The van der Waals surface area contributed by atoms with Gasteiger partial charge in [-0.2, -0.15) is 0 Å². The van der Waals surface area contributed by atoms with Crippen LogP contribution in [0.3, 0.4) is 0 Å². The zero-order valence-corrected chi connectivity index (χ0v) is 17.5. The molecular formula is C26H28N2O2. The number of benzene rings is 3. The molecule has 154 valence electrons. The fourth-order valence-electron chi connectivity index (χ4n) is 3.42. The lowest BCUT2D eigenvalue weighted by atomic mass is 9.98. The fraction of sp³-hybridized carbons (Fsp3) is 0.231. The maximum absolute atomic E-state index is 12.6. The third-order valence-electron chi connectivity index (χ3n) is 5.12. The van der Waals surface area contributed by atoms with E-state index in [4.69, 9.17) is 0 Å². The van der Waals surface area contributed by atoms with Crippen molar-refractivity contribution < 1.29 is 9.59 Å². The molecule has 0 radical (unpaired) electrons. The molecule has 2 atom stereocenters. The molecule has 3 aromatic rings. The van der Waals surface area contributed by atoms with E-state index in [1.165, 1.54) is 12.5 Å². The minimum atomic E-state index is -0.531. The molecule has 3 aromatic carbocycles. The second-order valence-electron chi connectivity index (χ2n) is 7.56. The molecule has 0 saturated carbocycles. The Hall–Kier alpha value is -3.24. The minimum absolute atomic E-state index is 0.0506. The summed E-state index contributed by atoms with van der Waals surface area (Å²) in [6.07, 6.45) is 0.488. The van der Waals surface area contributed by atoms with Gasteiger partial charge in [-0.05, 0) is 37.0 Å². The van der Waals surface area contributed by atoms with Crippen LogP contribution < -0.4 is 10.6 Å². The number of ketones is 1. The van der Waals surface area contributed by atoms with Gasteiger partial charge in [0, 0.05) is 0 Å². The van der Waals surface area contributed by atoms with E-state index in [9.17, 15) is 9.59 Å². The molecule has 0 aromatic heterocycles. The van der Waals surface area contributed by atoms with Gasteiger partial charge in [-0.1, -0.05) is 90.5 Å². The zero-order chi connectivity index (χ0) is 21.3. The van der Waals surface area contributed by atoms with Gasteiger partial charge in [0.2, 0.25) is 5.91 Å². The van der Waals surface area contributed by atoms with E-state index in [1.807, 2.05) is 60.7 Å². The number of aryl methyl sites for hydroxylation is 1. The number of carbonyl (C=O) groups excluding carboxylic acids is 2. The van der Waals surface area contributed by atoms with E-state index in [2.05, 4.69) is 41.8 Å². The maximum atomic E-state index is 12.6. The predicted molar refractivity (Wildman–Crippen MR) is 120 cm³/mol. The average Bonchev–Trinajstić information content (AvgIpc) is 2.76. The van der Waals surface area contributed by atoms with E-state index in [0.717, 1.165) is 16.7 Å². The van der Waals surface area contributed by atoms with Crippen LogP contribution in [0.15, 0.2) is 84.9 Å². The Bertz CT molecular complexity index is 953. The Balaban J connectivity index is 1.67. The minimum Gasteiger partial charge on any atom is -0.345 e. The largest absolute Gasteiger partial charge is 0.345 e. The van der Waals surface area contributed by atoms with Crippen LogP contribution in [0.25, 0.3) is 0 Å². The summed E-state index contributed by atoms with van der Waals surface area (Å²) in [5, 5.41) is 6.24. The molecule has 0 aliphatic heterocycles. The zero-order valence-electron chi connectivity index (χ0n) is 17.5. The summed E-state index contributed by atoms with van der Waals surface area (Å²) in [4.78, 5) is 24.7. The number of Topliss-reactive ketones (excluding diaryl/α,β-unsaturated/α-hetero) is 1. The van der Waals surface area contributed by atoms with Gasteiger partial charge in [-0.15, -0.1) is 0 Å². The van der Waals surface area contributed by atoms with Crippen molar-refractivity contribution in [1.29, 1.82) is 0 Å². The summed E-state index contributed by atoms with van der Waals surface area (Å²) >= 11 is 0. The van der Waals surface area contributed by atoms with Gasteiger partial charge in [-0.3, -0.25) is 14.9 Å². The SMILES string of the molecule is CC(=O)[C@H](Cc1ccccc1)NC(=O)CN[C@@H](c1ccccc1)c1ccc(C)cc1. The standard InChI is InChI=1S/C26H28N2O2/c1-19-13-15-23(16-14-19)26(22-11-7-4-8-12-22)27-18-25(30)28-24(20(2)29)17-21-9-5-3-6-10-21/h3-16,24,26-27H,17-18H2,1-2H3,(H,28,30)/t24-,26-/m0/s1. The molecule has 0 spiro atoms. The van der Waals surface area contributed by atoms with Gasteiger partial charge in [0.15, 0.2) is 5.78 Å². The molecule has 0 saturated heterocycles. The van der Waals surface area contributed by atoms with Crippen LogP contribution in [-0.2, 0) is 16.0 Å². The highest BCUT2D eigenvalue weighted by atomic mass is 16.2. The molecule has 0 fully saturated rings. The molecule has 3 rings (SSSR count). The Morgan fingerprint density at radius 3 is 1.97 bits per heavy atom. The number of hydrogen-bond donors (Lipinski definition) is 2. The lowest BCUT2D eigenvalue weighted by Gasteiger charge is -2.21. The van der Waals surface area contributed by atoms with Crippen molar-refractivity contribution in [3.05, 3.63) is 107 Å². The summed E-state index contributed by atoms with van der Waals surface area (Å²) in [5.74, 6) is -0.246. The Morgan fingerprint density at radius 1 is 0.800 bits per heavy atom. The predicted octanol–water partition coefficient (Wildman–Crippen LogP) is 3.99. The first-order valence-electron chi connectivity index (χ1n) is 10.2. The second kappa shape index (κ2) is 10.5. The highest BCUT2D eigenvalue weighted by Crippen LogP contribution is 2.22. The number of carbonyl (C=O) groups is 2. The average molecular weight is 401 g/mol. The number of hydrogen-bond acceptors (Lipinski definition) is 3.